The molecular formula is C18H14N4O2. The quantitative estimate of drug-likeness (QED) is 0.627. The topological polar surface area (TPSA) is 72.4 Å². The highest BCUT2D eigenvalue weighted by molar-refractivity contribution is 6.08. The second-order valence-electron chi connectivity index (χ2n) is 5.38. The van der Waals surface area contributed by atoms with Gasteiger partial charge in [-0.3, -0.25) is 4.79 Å². The van der Waals surface area contributed by atoms with Crippen molar-refractivity contribution in [1.29, 1.82) is 0 Å². The highest BCUT2D eigenvalue weighted by Crippen LogP contribution is 2.20. The number of hydrogen-bond acceptors (Lipinski definition) is 4. The zero-order valence-electron chi connectivity index (χ0n) is 12.9. The molecule has 0 aliphatic heterocycles. The van der Waals surface area contributed by atoms with E-state index in [1.54, 1.807) is 18.5 Å². The zero-order chi connectivity index (χ0) is 16.5. The van der Waals surface area contributed by atoms with Crippen molar-refractivity contribution in [2.45, 2.75) is 6.92 Å². The van der Waals surface area contributed by atoms with Crippen LogP contribution in [0.5, 0.6) is 0 Å². The lowest BCUT2D eigenvalue weighted by molar-refractivity contribution is 0.102. The average Bonchev–Trinajstić information content (AvgIpc) is 3.26. The molecule has 6 nitrogen and oxygen atoms in total. The van der Waals surface area contributed by atoms with Gasteiger partial charge in [-0.2, -0.15) is 0 Å². The van der Waals surface area contributed by atoms with Crippen molar-refractivity contribution in [1.82, 2.24) is 14.4 Å². The first-order chi connectivity index (χ1) is 11.7. The van der Waals surface area contributed by atoms with Crippen molar-refractivity contribution in [3.8, 4) is 11.5 Å². The number of carbonyl (C=O) groups excluding carboxylic acids is 1. The number of aryl methyl sites for hydroxylation is 1. The Bertz CT molecular complexity index is 1000. The highest BCUT2D eigenvalue weighted by atomic mass is 16.3. The number of hydrogen-bond donors (Lipinski definition) is 1. The van der Waals surface area contributed by atoms with E-state index in [0.29, 0.717) is 22.8 Å². The van der Waals surface area contributed by atoms with E-state index in [9.17, 15) is 4.79 Å². The Kier molecular flexibility index (Phi) is 3.35. The van der Waals surface area contributed by atoms with Crippen LogP contribution in [0.15, 0.2) is 65.7 Å². The van der Waals surface area contributed by atoms with Crippen LogP contribution in [-0.2, 0) is 0 Å². The summed E-state index contributed by atoms with van der Waals surface area (Å²) in [5.74, 6) is 0.352. The summed E-state index contributed by atoms with van der Waals surface area (Å²) in [7, 11) is 0. The molecule has 6 heteroatoms. The lowest BCUT2D eigenvalue weighted by atomic mass is 10.2. The summed E-state index contributed by atoms with van der Waals surface area (Å²) in [6.45, 7) is 1.97. The van der Waals surface area contributed by atoms with Crippen molar-refractivity contribution < 1.29 is 9.21 Å². The molecule has 0 unspecified atom stereocenters. The van der Waals surface area contributed by atoms with Crippen LogP contribution in [0, 0.1) is 6.92 Å². The molecule has 0 saturated carbocycles. The zero-order valence-corrected chi connectivity index (χ0v) is 12.9. The molecule has 3 aromatic heterocycles. The summed E-state index contributed by atoms with van der Waals surface area (Å²) in [6, 6.07) is 11.0. The lowest BCUT2D eigenvalue weighted by Gasteiger charge is -2.05. The third-order valence-electron chi connectivity index (χ3n) is 3.82. The predicted molar refractivity (Wildman–Crippen MR) is 89.8 cm³/mol. The number of benzene rings is 1. The molecule has 4 rings (SSSR count). The Morgan fingerprint density at radius 3 is 2.67 bits per heavy atom. The Hall–Kier alpha value is -3.41. The minimum Gasteiger partial charge on any atom is -0.445 e. The molecule has 0 atom stereocenters. The molecule has 1 N–H and O–H groups in total. The van der Waals surface area contributed by atoms with Crippen LogP contribution < -0.4 is 5.32 Å². The van der Waals surface area contributed by atoms with Gasteiger partial charge in [0.25, 0.3) is 5.91 Å². The smallest absolute Gasteiger partial charge is 0.259 e. The first-order valence-corrected chi connectivity index (χ1v) is 7.46. The number of nitrogens with zero attached hydrogens (tertiary/aromatic N) is 3. The molecule has 0 fully saturated rings. The van der Waals surface area contributed by atoms with Gasteiger partial charge < -0.3 is 14.1 Å². The number of anilines is 1. The molecule has 0 radical (unpaired) electrons. The number of aromatic nitrogens is 3. The molecule has 3 heterocycles. The largest absolute Gasteiger partial charge is 0.445 e. The normalized spacial score (nSPS) is 10.9. The van der Waals surface area contributed by atoms with Crippen molar-refractivity contribution in [3.63, 3.8) is 0 Å². The van der Waals surface area contributed by atoms with E-state index in [-0.39, 0.29) is 5.91 Å². The van der Waals surface area contributed by atoms with Gasteiger partial charge in [-0.25, -0.2) is 9.97 Å². The van der Waals surface area contributed by atoms with Gasteiger partial charge >= 0.3 is 0 Å². The summed E-state index contributed by atoms with van der Waals surface area (Å²) in [5.41, 5.74) is 3.75. The van der Waals surface area contributed by atoms with Crippen LogP contribution in [-0.4, -0.2) is 20.3 Å². The van der Waals surface area contributed by atoms with Crippen molar-refractivity contribution in [3.05, 3.63) is 72.5 Å². The monoisotopic (exact) mass is 318 g/mol. The molecule has 118 valence electrons. The highest BCUT2D eigenvalue weighted by Gasteiger charge is 2.13. The molecule has 1 aromatic carbocycles. The van der Waals surface area contributed by atoms with Crippen LogP contribution in [0.4, 0.5) is 5.69 Å². The van der Waals surface area contributed by atoms with E-state index < -0.39 is 0 Å². The Morgan fingerprint density at radius 1 is 1.08 bits per heavy atom. The number of rotatable bonds is 3. The number of oxazole rings is 1. The fourth-order valence-electron chi connectivity index (χ4n) is 2.57. The summed E-state index contributed by atoms with van der Waals surface area (Å²) in [4.78, 5) is 20.9. The second-order valence-corrected chi connectivity index (χ2v) is 5.38. The maximum Gasteiger partial charge on any atom is 0.259 e. The molecule has 0 aliphatic carbocycles. The minimum absolute atomic E-state index is 0.195. The second kappa shape index (κ2) is 5.66. The van der Waals surface area contributed by atoms with E-state index >= 15 is 0 Å². The van der Waals surface area contributed by atoms with E-state index in [1.165, 1.54) is 6.26 Å². The molecule has 0 aliphatic rings. The molecule has 1 amide bonds. The van der Waals surface area contributed by atoms with Crippen molar-refractivity contribution in [2.24, 2.45) is 0 Å². The van der Waals surface area contributed by atoms with Gasteiger partial charge in [0, 0.05) is 29.3 Å². The first-order valence-electron chi connectivity index (χ1n) is 7.46. The Balaban J connectivity index is 1.58. The van der Waals surface area contributed by atoms with Crippen LogP contribution in [0.1, 0.15) is 16.1 Å². The summed E-state index contributed by atoms with van der Waals surface area (Å²) >= 11 is 0. The summed E-state index contributed by atoms with van der Waals surface area (Å²) in [6.07, 6.45) is 6.67. The van der Waals surface area contributed by atoms with Gasteiger partial charge in [0.1, 0.15) is 11.9 Å². The van der Waals surface area contributed by atoms with Gasteiger partial charge in [0.2, 0.25) is 5.89 Å². The fraction of sp³-hybridized carbons (Fsp3) is 0.0556. The molecule has 4 aromatic rings. The standard InChI is InChI=1S/C18H14N4O2/c1-12-6-8-19-16-15(7-10-22(12)16)17(23)21-14-4-2-13(3-5-14)18-20-9-11-24-18/h2-11H,1H3,(H,21,23). The maximum absolute atomic E-state index is 12.5. The number of nitrogens with one attached hydrogen (secondary N) is 1. The first kappa shape index (κ1) is 14.2. The van der Waals surface area contributed by atoms with Gasteiger partial charge in [-0.1, -0.05) is 0 Å². The average molecular weight is 318 g/mol. The SMILES string of the molecule is Cc1ccnc2c(C(=O)Nc3ccc(-c4ncco4)cc3)ccn12. The molecule has 0 bridgehead atoms. The molecule has 0 spiro atoms. The number of carbonyl (C=O) groups is 1. The van der Waals surface area contributed by atoms with E-state index in [2.05, 4.69) is 15.3 Å². The van der Waals surface area contributed by atoms with E-state index in [4.69, 9.17) is 4.42 Å². The van der Waals surface area contributed by atoms with E-state index in [0.717, 1.165) is 11.3 Å². The van der Waals surface area contributed by atoms with Gasteiger partial charge in [-0.05, 0) is 43.3 Å². The lowest BCUT2D eigenvalue weighted by Crippen LogP contribution is -2.12. The van der Waals surface area contributed by atoms with Gasteiger partial charge in [0.05, 0.1) is 11.8 Å². The van der Waals surface area contributed by atoms with Gasteiger partial charge in [-0.15, -0.1) is 0 Å². The third-order valence-corrected chi connectivity index (χ3v) is 3.82. The molecule has 0 saturated heterocycles. The fourth-order valence-corrected chi connectivity index (χ4v) is 2.57. The number of fused-ring (bicyclic) bond motifs is 1. The predicted octanol–water partition coefficient (Wildman–Crippen LogP) is 3.55. The third kappa shape index (κ3) is 2.44. The molecule has 24 heavy (non-hydrogen) atoms. The van der Waals surface area contributed by atoms with Gasteiger partial charge in [0.15, 0.2) is 0 Å². The minimum atomic E-state index is -0.195. The summed E-state index contributed by atoms with van der Waals surface area (Å²) < 4.78 is 7.14. The van der Waals surface area contributed by atoms with Crippen LogP contribution in [0.25, 0.3) is 17.1 Å². The Morgan fingerprint density at radius 2 is 1.92 bits per heavy atom. The Labute approximate surface area is 137 Å². The number of amides is 1. The van der Waals surface area contributed by atoms with Crippen molar-refractivity contribution in [2.75, 3.05) is 5.32 Å². The van der Waals surface area contributed by atoms with Crippen LogP contribution >= 0.6 is 0 Å². The van der Waals surface area contributed by atoms with Crippen molar-refractivity contribution >= 4 is 17.2 Å². The van der Waals surface area contributed by atoms with Crippen LogP contribution in [0.3, 0.4) is 0 Å². The summed E-state index contributed by atoms with van der Waals surface area (Å²) in [5, 5.41) is 2.89. The van der Waals surface area contributed by atoms with Crippen LogP contribution in [0.2, 0.25) is 0 Å². The maximum atomic E-state index is 12.5. The molecular weight excluding hydrogens is 304 g/mol. The van der Waals surface area contributed by atoms with E-state index in [1.807, 2.05) is 47.9 Å².